The van der Waals surface area contributed by atoms with Gasteiger partial charge in [0.05, 0.1) is 17.2 Å². The molecule has 4 rings (SSSR count). The number of esters is 1. The van der Waals surface area contributed by atoms with Gasteiger partial charge in [-0.25, -0.2) is 18.2 Å². The Morgan fingerprint density at radius 1 is 1.16 bits per heavy atom. The molecule has 2 aliphatic heterocycles. The molecule has 0 aliphatic carbocycles. The zero-order valence-corrected chi connectivity index (χ0v) is 17.5. The van der Waals surface area contributed by atoms with Crippen LogP contribution in [0.1, 0.15) is 24.5 Å². The van der Waals surface area contributed by atoms with Crippen molar-refractivity contribution in [3.8, 4) is 0 Å². The van der Waals surface area contributed by atoms with Crippen molar-refractivity contribution in [2.75, 3.05) is 13.2 Å². The number of hydrogen-bond acceptors (Lipinski definition) is 7. The van der Waals surface area contributed by atoms with Crippen LogP contribution in [0, 0.1) is 0 Å². The molecule has 1 amide bonds. The van der Waals surface area contributed by atoms with E-state index in [9.17, 15) is 18.0 Å². The molecule has 2 aromatic rings. The van der Waals surface area contributed by atoms with E-state index in [-0.39, 0.29) is 10.7 Å². The van der Waals surface area contributed by atoms with Crippen LogP contribution in [-0.2, 0) is 24.3 Å². The molecule has 0 aromatic heterocycles. The first-order chi connectivity index (χ1) is 14.8. The molecule has 2 aromatic carbocycles. The van der Waals surface area contributed by atoms with Gasteiger partial charge >= 0.3 is 5.97 Å². The summed E-state index contributed by atoms with van der Waals surface area (Å²) in [6.45, 7) is 1.41. The van der Waals surface area contributed by atoms with E-state index in [2.05, 4.69) is 14.8 Å². The molecule has 0 saturated carbocycles. The third-order valence-corrected chi connectivity index (χ3v) is 6.26. The van der Waals surface area contributed by atoms with Crippen molar-refractivity contribution in [1.82, 2.24) is 9.73 Å². The number of carbonyl (C=O) groups excluding carboxylic acids is 2. The highest BCUT2D eigenvalue weighted by atomic mass is 32.2. The predicted molar refractivity (Wildman–Crippen MR) is 113 cm³/mol. The number of aliphatic imine (C=N–C) groups is 1. The lowest BCUT2D eigenvalue weighted by Crippen LogP contribution is -2.31. The molecular formula is C21H20N4O5S. The minimum absolute atomic E-state index is 0.0722. The molecule has 160 valence electrons. The molecule has 9 nitrogen and oxygen atoms in total. The summed E-state index contributed by atoms with van der Waals surface area (Å²) >= 11 is 0. The lowest BCUT2D eigenvalue weighted by atomic mass is 10.1. The van der Waals surface area contributed by atoms with E-state index < -0.39 is 34.5 Å². The van der Waals surface area contributed by atoms with Crippen LogP contribution in [0.2, 0.25) is 0 Å². The SMILES string of the molecule is C[C@H](N=C1NS(=O)(=O)c2ccccc21)C(=O)OCC(=O)N1CCC(c2ccccc2)=N1. The summed E-state index contributed by atoms with van der Waals surface area (Å²) in [5, 5.41) is 5.60. The fourth-order valence-corrected chi connectivity index (χ4v) is 4.51. The van der Waals surface area contributed by atoms with E-state index in [0.717, 1.165) is 11.3 Å². The van der Waals surface area contributed by atoms with Crippen LogP contribution in [0.15, 0.2) is 69.6 Å². The van der Waals surface area contributed by atoms with Crippen LogP contribution in [0.25, 0.3) is 0 Å². The molecule has 1 atom stereocenters. The topological polar surface area (TPSA) is 118 Å². The molecule has 10 heteroatoms. The van der Waals surface area contributed by atoms with Crippen molar-refractivity contribution in [2.45, 2.75) is 24.3 Å². The zero-order valence-electron chi connectivity index (χ0n) is 16.7. The number of carbonyl (C=O) groups is 2. The van der Waals surface area contributed by atoms with Crippen molar-refractivity contribution in [1.29, 1.82) is 0 Å². The lowest BCUT2D eigenvalue weighted by Gasteiger charge is -2.13. The Morgan fingerprint density at radius 2 is 1.87 bits per heavy atom. The highest BCUT2D eigenvalue weighted by Crippen LogP contribution is 2.22. The van der Waals surface area contributed by atoms with Gasteiger partial charge in [-0.1, -0.05) is 42.5 Å². The van der Waals surface area contributed by atoms with Crippen molar-refractivity contribution in [2.24, 2.45) is 10.1 Å². The molecular weight excluding hydrogens is 420 g/mol. The van der Waals surface area contributed by atoms with Crippen LogP contribution in [-0.4, -0.2) is 56.0 Å². The summed E-state index contributed by atoms with van der Waals surface area (Å²) in [4.78, 5) is 28.9. The first-order valence-corrected chi connectivity index (χ1v) is 11.1. The van der Waals surface area contributed by atoms with Crippen LogP contribution in [0.5, 0.6) is 0 Å². The second-order valence-electron chi connectivity index (χ2n) is 7.04. The fraction of sp³-hybridized carbons (Fsp3) is 0.238. The highest BCUT2D eigenvalue weighted by Gasteiger charge is 2.31. The maximum Gasteiger partial charge on any atom is 0.331 e. The van der Waals surface area contributed by atoms with Gasteiger partial charge in [0, 0.05) is 12.0 Å². The van der Waals surface area contributed by atoms with Crippen molar-refractivity contribution in [3.05, 3.63) is 65.7 Å². The number of amidine groups is 1. The molecule has 2 heterocycles. The molecule has 1 N–H and O–H groups in total. The monoisotopic (exact) mass is 440 g/mol. The summed E-state index contributed by atoms with van der Waals surface area (Å²) in [6, 6.07) is 14.9. The van der Waals surface area contributed by atoms with Crippen molar-refractivity contribution >= 4 is 33.4 Å². The first kappa shape index (κ1) is 20.7. The van der Waals surface area contributed by atoms with Gasteiger partial charge in [0.1, 0.15) is 11.9 Å². The number of benzene rings is 2. The summed E-state index contributed by atoms with van der Waals surface area (Å²) in [6.07, 6.45) is 0.618. The summed E-state index contributed by atoms with van der Waals surface area (Å²) in [5.74, 6) is -1.11. The Morgan fingerprint density at radius 3 is 2.65 bits per heavy atom. The van der Waals surface area contributed by atoms with E-state index in [1.807, 2.05) is 30.3 Å². The van der Waals surface area contributed by atoms with Crippen LogP contribution < -0.4 is 4.72 Å². The predicted octanol–water partition coefficient (Wildman–Crippen LogP) is 1.29. The number of rotatable bonds is 5. The second kappa shape index (κ2) is 8.31. The second-order valence-corrected chi connectivity index (χ2v) is 8.69. The Bertz CT molecular complexity index is 1190. The Balaban J connectivity index is 1.37. The van der Waals surface area contributed by atoms with Crippen LogP contribution >= 0.6 is 0 Å². The third-order valence-electron chi connectivity index (χ3n) is 4.86. The van der Waals surface area contributed by atoms with Gasteiger partial charge in [-0.3, -0.25) is 14.5 Å². The molecule has 0 fully saturated rings. The molecule has 31 heavy (non-hydrogen) atoms. The van der Waals surface area contributed by atoms with E-state index in [4.69, 9.17) is 4.74 Å². The summed E-state index contributed by atoms with van der Waals surface area (Å²) in [7, 11) is -3.70. The molecule has 0 bridgehead atoms. The lowest BCUT2D eigenvalue weighted by molar-refractivity contribution is -0.152. The quantitative estimate of drug-likeness (QED) is 0.703. The van der Waals surface area contributed by atoms with Gasteiger partial charge in [-0.15, -0.1) is 0 Å². The number of nitrogens with one attached hydrogen (secondary N) is 1. The first-order valence-electron chi connectivity index (χ1n) is 9.65. The fourth-order valence-electron chi connectivity index (χ4n) is 3.27. The van der Waals surface area contributed by atoms with Gasteiger partial charge in [0.25, 0.3) is 15.9 Å². The van der Waals surface area contributed by atoms with Gasteiger partial charge in [0.2, 0.25) is 0 Å². The van der Waals surface area contributed by atoms with Gasteiger partial charge in [-0.2, -0.15) is 5.10 Å². The van der Waals surface area contributed by atoms with Gasteiger partial charge < -0.3 is 4.74 Å². The number of hydrogen-bond donors (Lipinski definition) is 1. The Kier molecular flexibility index (Phi) is 5.55. The summed E-state index contributed by atoms with van der Waals surface area (Å²) in [5.41, 5.74) is 2.13. The van der Waals surface area contributed by atoms with E-state index in [0.29, 0.717) is 18.5 Å². The number of sulfonamides is 1. The molecule has 0 radical (unpaired) electrons. The Labute approximate surface area is 179 Å². The van der Waals surface area contributed by atoms with E-state index in [1.54, 1.807) is 18.2 Å². The maximum absolute atomic E-state index is 12.4. The normalized spacial score (nSPS) is 18.8. The van der Waals surface area contributed by atoms with Gasteiger partial charge in [-0.05, 0) is 24.6 Å². The largest absolute Gasteiger partial charge is 0.454 e. The smallest absolute Gasteiger partial charge is 0.331 e. The minimum Gasteiger partial charge on any atom is -0.454 e. The average Bonchev–Trinajstić information content (AvgIpc) is 3.36. The maximum atomic E-state index is 12.4. The van der Waals surface area contributed by atoms with E-state index in [1.165, 1.54) is 18.0 Å². The van der Waals surface area contributed by atoms with E-state index >= 15 is 0 Å². The third kappa shape index (κ3) is 4.33. The van der Waals surface area contributed by atoms with Crippen LogP contribution in [0.3, 0.4) is 0 Å². The van der Waals surface area contributed by atoms with Crippen LogP contribution in [0.4, 0.5) is 0 Å². The highest BCUT2D eigenvalue weighted by molar-refractivity contribution is 7.90. The number of hydrazone groups is 1. The minimum atomic E-state index is -3.70. The number of ether oxygens (including phenoxy) is 1. The summed E-state index contributed by atoms with van der Waals surface area (Å²) < 4.78 is 31.7. The van der Waals surface area contributed by atoms with Gasteiger partial charge in [0.15, 0.2) is 6.61 Å². The molecule has 2 aliphatic rings. The standard InChI is InChI=1S/C21H20N4O5S/c1-14(22-20-16-9-5-6-10-18(16)31(28,29)24-20)21(27)30-13-19(26)25-12-11-17(23-25)15-7-3-2-4-8-15/h2-10,14H,11-13H2,1H3,(H,22,24)/t14-/m0/s1. The number of nitrogens with zero attached hydrogens (tertiary/aromatic N) is 3. The molecule has 0 spiro atoms. The zero-order chi connectivity index (χ0) is 22.0. The van der Waals surface area contributed by atoms with Crippen molar-refractivity contribution in [3.63, 3.8) is 0 Å². The van der Waals surface area contributed by atoms with Crippen molar-refractivity contribution < 1.29 is 22.7 Å². The number of fused-ring (bicyclic) bond motifs is 1. The molecule has 0 unspecified atom stereocenters. The Hall–Kier alpha value is -3.53. The average molecular weight is 440 g/mol. The number of amides is 1. The molecule has 0 saturated heterocycles.